The molecule has 0 aromatic carbocycles. The zero-order chi connectivity index (χ0) is 11.5. The summed E-state index contributed by atoms with van der Waals surface area (Å²) in [6.07, 6.45) is 3.19. The van der Waals surface area contributed by atoms with Crippen molar-refractivity contribution in [2.75, 3.05) is 12.4 Å². The fraction of sp³-hybridized carbons (Fsp3) is 0.455. The molecule has 1 N–H and O–H groups in total. The first-order chi connectivity index (χ1) is 6.95. The molecule has 0 saturated carbocycles. The summed E-state index contributed by atoms with van der Waals surface area (Å²) in [6, 6.07) is 1.71. The van der Waals surface area contributed by atoms with Crippen molar-refractivity contribution in [2.24, 2.45) is 5.41 Å². The van der Waals surface area contributed by atoms with Crippen molar-refractivity contribution in [1.82, 2.24) is 4.98 Å². The van der Waals surface area contributed by atoms with Crippen molar-refractivity contribution >= 4 is 11.6 Å². The fourth-order valence-corrected chi connectivity index (χ4v) is 0.963. The van der Waals surface area contributed by atoms with Gasteiger partial charge in [-0.15, -0.1) is 0 Å². The highest BCUT2D eigenvalue weighted by Crippen LogP contribution is 2.24. The van der Waals surface area contributed by atoms with Gasteiger partial charge in [-0.05, 0) is 0 Å². The Bertz CT molecular complexity index is 356. The molecule has 82 valence electrons. The Morgan fingerprint density at radius 2 is 2.13 bits per heavy atom. The normalized spacial score (nSPS) is 10.9. The first-order valence-corrected chi connectivity index (χ1v) is 4.74. The Morgan fingerprint density at radius 3 is 2.67 bits per heavy atom. The number of anilines is 1. The predicted octanol–water partition coefficient (Wildman–Crippen LogP) is 2.07. The number of pyridine rings is 1. The molecule has 0 aliphatic rings. The van der Waals surface area contributed by atoms with Crippen molar-refractivity contribution in [1.29, 1.82) is 0 Å². The highest BCUT2D eigenvalue weighted by Gasteiger charge is 2.22. The van der Waals surface area contributed by atoms with Crippen LogP contribution in [0.15, 0.2) is 18.5 Å². The molecule has 1 amide bonds. The van der Waals surface area contributed by atoms with Crippen LogP contribution in [0.5, 0.6) is 5.75 Å². The largest absolute Gasteiger partial charge is 0.494 e. The maximum atomic E-state index is 11.7. The third kappa shape index (κ3) is 2.94. The van der Waals surface area contributed by atoms with Gasteiger partial charge in [0, 0.05) is 17.7 Å². The van der Waals surface area contributed by atoms with E-state index in [0.717, 1.165) is 0 Å². The molecule has 1 heterocycles. The number of ether oxygens (including phenoxy) is 1. The van der Waals surface area contributed by atoms with Crippen LogP contribution >= 0.6 is 0 Å². The molecule has 4 heteroatoms. The minimum atomic E-state index is -0.430. The number of hydrogen-bond donors (Lipinski definition) is 1. The van der Waals surface area contributed by atoms with Gasteiger partial charge in [0.2, 0.25) is 5.91 Å². The van der Waals surface area contributed by atoms with Crippen LogP contribution in [-0.4, -0.2) is 18.0 Å². The van der Waals surface area contributed by atoms with E-state index in [4.69, 9.17) is 4.74 Å². The van der Waals surface area contributed by atoms with E-state index in [0.29, 0.717) is 11.4 Å². The van der Waals surface area contributed by atoms with E-state index in [1.54, 1.807) is 25.6 Å². The predicted molar refractivity (Wildman–Crippen MR) is 58.9 cm³/mol. The molecule has 0 bridgehead atoms. The second kappa shape index (κ2) is 4.29. The number of nitrogens with one attached hydrogen (secondary N) is 1. The van der Waals surface area contributed by atoms with E-state index in [2.05, 4.69) is 10.3 Å². The van der Waals surface area contributed by atoms with E-state index in [1.807, 2.05) is 20.8 Å². The van der Waals surface area contributed by atoms with Crippen molar-refractivity contribution in [3.8, 4) is 5.75 Å². The highest BCUT2D eigenvalue weighted by atomic mass is 16.5. The molecule has 0 unspecified atom stereocenters. The van der Waals surface area contributed by atoms with Gasteiger partial charge in [-0.1, -0.05) is 20.8 Å². The summed E-state index contributed by atoms with van der Waals surface area (Å²) >= 11 is 0. The molecule has 0 radical (unpaired) electrons. The average molecular weight is 208 g/mol. The lowest BCUT2D eigenvalue weighted by Crippen LogP contribution is -2.27. The number of carbonyl (C=O) groups is 1. The summed E-state index contributed by atoms with van der Waals surface area (Å²) < 4.78 is 5.10. The Kier molecular flexibility index (Phi) is 3.29. The Hall–Kier alpha value is -1.58. The van der Waals surface area contributed by atoms with Gasteiger partial charge in [0.15, 0.2) is 0 Å². The number of hydrogen-bond acceptors (Lipinski definition) is 3. The number of nitrogens with zero attached hydrogens (tertiary/aromatic N) is 1. The van der Waals surface area contributed by atoms with E-state index in [1.165, 1.54) is 0 Å². The molecule has 0 saturated heterocycles. The number of carbonyl (C=O) groups excluding carboxylic acids is 1. The molecule has 0 aliphatic heterocycles. The van der Waals surface area contributed by atoms with Gasteiger partial charge >= 0.3 is 0 Å². The summed E-state index contributed by atoms with van der Waals surface area (Å²) in [4.78, 5) is 15.6. The molecule has 4 nitrogen and oxygen atoms in total. The molecule has 0 fully saturated rings. The summed E-state index contributed by atoms with van der Waals surface area (Å²) in [6.45, 7) is 5.56. The van der Waals surface area contributed by atoms with Gasteiger partial charge in [0.1, 0.15) is 11.4 Å². The van der Waals surface area contributed by atoms with E-state index in [-0.39, 0.29) is 5.91 Å². The molecular weight excluding hydrogens is 192 g/mol. The fourth-order valence-electron chi connectivity index (χ4n) is 0.963. The van der Waals surface area contributed by atoms with E-state index in [9.17, 15) is 4.79 Å². The number of amides is 1. The quantitative estimate of drug-likeness (QED) is 0.809. The standard InChI is InChI=1S/C11H16N2O2/c1-11(2,3)10(14)13-8-7-12-6-5-9(8)15-4/h5-7H,1-4H3,(H,13,14). The van der Waals surface area contributed by atoms with Crippen LogP contribution < -0.4 is 10.1 Å². The van der Waals surface area contributed by atoms with Gasteiger partial charge in [-0.25, -0.2) is 0 Å². The van der Waals surface area contributed by atoms with Crippen LogP contribution in [0.4, 0.5) is 5.69 Å². The number of methoxy groups -OCH3 is 1. The first-order valence-electron chi connectivity index (χ1n) is 4.74. The average Bonchev–Trinajstić information content (AvgIpc) is 2.17. The molecule has 1 aromatic rings. The topological polar surface area (TPSA) is 51.2 Å². The van der Waals surface area contributed by atoms with Crippen LogP contribution in [-0.2, 0) is 4.79 Å². The smallest absolute Gasteiger partial charge is 0.229 e. The lowest BCUT2D eigenvalue weighted by Gasteiger charge is -2.18. The van der Waals surface area contributed by atoms with Gasteiger partial charge < -0.3 is 10.1 Å². The lowest BCUT2D eigenvalue weighted by molar-refractivity contribution is -0.123. The van der Waals surface area contributed by atoms with Gasteiger partial charge in [0.05, 0.1) is 13.3 Å². The lowest BCUT2D eigenvalue weighted by atomic mass is 9.95. The van der Waals surface area contributed by atoms with Gasteiger partial charge in [-0.3, -0.25) is 9.78 Å². The Balaban J connectivity index is 2.85. The van der Waals surface area contributed by atoms with Crippen molar-refractivity contribution in [3.05, 3.63) is 18.5 Å². The van der Waals surface area contributed by atoms with Gasteiger partial charge in [-0.2, -0.15) is 0 Å². The van der Waals surface area contributed by atoms with Crippen LogP contribution in [0.3, 0.4) is 0 Å². The van der Waals surface area contributed by atoms with Crippen molar-refractivity contribution in [2.45, 2.75) is 20.8 Å². The monoisotopic (exact) mass is 208 g/mol. The van der Waals surface area contributed by atoms with Crippen molar-refractivity contribution < 1.29 is 9.53 Å². The molecular formula is C11H16N2O2. The summed E-state index contributed by atoms with van der Waals surface area (Å²) in [7, 11) is 1.56. The van der Waals surface area contributed by atoms with E-state index >= 15 is 0 Å². The maximum Gasteiger partial charge on any atom is 0.229 e. The van der Waals surface area contributed by atoms with Gasteiger partial charge in [0.25, 0.3) is 0 Å². The molecule has 1 rings (SSSR count). The zero-order valence-corrected chi connectivity index (χ0v) is 9.50. The minimum absolute atomic E-state index is 0.0613. The Morgan fingerprint density at radius 1 is 1.47 bits per heavy atom. The Labute approximate surface area is 89.7 Å². The minimum Gasteiger partial charge on any atom is -0.494 e. The van der Waals surface area contributed by atoms with Crippen LogP contribution in [0, 0.1) is 5.41 Å². The summed E-state index contributed by atoms with van der Waals surface area (Å²) in [5, 5.41) is 2.77. The molecule has 0 aliphatic carbocycles. The molecule has 0 atom stereocenters. The molecule has 1 aromatic heterocycles. The second-order valence-corrected chi connectivity index (χ2v) is 4.28. The molecule has 0 spiro atoms. The van der Waals surface area contributed by atoms with Crippen molar-refractivity contribution in [3.63, 3.8) is 0 Å². The highest BCUT2D eigenvalue weighted by molar-refractivity contribution is 5.95. The third-order valence-corrected chi connectivity index (χ3v) is 1.93. The summed E-state index contributed by atoms with van der Waals surface area (Å²) in [5.41, 5.74) is 0.167. The third-order valence-electron chi connectivity index (χ3n) is 1.93. The van der Waals surface area contributed by atoms with Crippen LogP contribution in [0.1, 0.15) is 20.8 Å². The summed E-state index contributed by atoms with van der Waals surface area (Å²) in [5.74, 6) is 0.552. The number of aromatic nitrogens is 1. The first kappa shape index (κ1) is 11.5. The van der Waals surface area contributed by atoms with Crippen LogP contribution in [0.2, 0.25) is 0 Å². The van der Waals surface area contributed by atoms with Crippen LogP contribution in [0.25, 0.3) is 0 Å². The van der Waals surface area contributed by atoms with E-state index < -0.39 is 5.41 Å². The molecule has 15 heavy (non-hydrogen) atoms. The number of rotatable bonds is 2. The second-order valence-electron chi connectivity index (χ2n) is 4.28. The SMILES string of the molecule is COc1ccncc1NC(=O)C(C)(C)C. The zero-order valence-electron chi connectivity index (χ0n) is 9.50. The maximum absolute atomic E-state index is 11.7.